The number of rotatable bonds is 6. The minimum atomic E-state index is -5.18. The summed E-state index contributed by atoms with van der Waals surface area (Å²) >= 11 is 5.80. The van der Waals surface area contributed by atoms with Crippen molar-refractivity contribution < 1.29 is 37.4 Å². The molecule has 3 atom stereocenters. The van der Waals surface area contributed by atoms with E-state index in [4.69, 9.17) is 31.9 Å². The molecular weight excluding hydrogens is 392 g/mol. The first-order valence-corrected chi connectivity index (χ1v) is 9.81. The smallest absolute Gasteiger partial charge is 0.382 e. The van der Waals surface area contributed by atoms with E-state index < -0.39 is 40.3 Å². The monoisotopic (exact) mass is 405 g/mol. The van der Waals surface area contributed by atoms with Crippen LogP contribution in [0, 0.1) is 0 Å². The molecule has 0 aromatic carbocycles. The van der Waals surface area contributed by atoms with Gasteiger partial charge in [-0.2, -0.15) is 9.29 Å². The molecule has 0 amide bonds. The van der Waals surface area contributed by atoms with Crippen LogP contribution >= 0.6 is 27.2 Å². The van der Waals surface area contributed by atoms with E-state index in [1.165, 1.54) is 6.20 Å². The van der Waals surface area contributed by atoms with Gasteiger partial charge in [-0.3, -0.25) is 9.09 Å². The van der Waals surface area contributed by atoms with Crippen molar-refractivity contribution in [2.24, 2.45) is 0 Å². The summed E-state index contributed by atoms with van der Waals surface area (Å²) < 4.78 is 36.6. The van der Waals surface area contributed by atoms with E-state index in [2.05, 4.69) is 13.8 Å². The predicted molar refractivity (Wildman–Crippen MR) is 80.0 cm³/mol. The summed E-state index contributed by atoms with van der Waals surface area (Å²) in [5.74, 6) is -0.119. The predicted octanol–water partition coefficient (Wildman–Crippen LogP) is 0.383. The Labute approximate surface area is 140 Å². The molecule has 1 unspecified atom stereocenters. The van der Waals surface area contributed by atoms with Crippen molar-refractivity contribution in [2.75, 3.05) is 12.3 Å². The van der Waals surface area contributed by atoms with Gasteiger partial charge >= 0.3 is 21.3 Å². The second-order valence-corrected chi connectivity index (χ2v) is 8.03. The van der Waals surface area contributed by atoms with Gasteiger partial charge < -0.3 is 25.2 Å². The van der Waals surface area contributed by atoms with Crippen molar-refractivity contribution in [2.45, 2.75) is 25.2 Å². The second kappa shape index (κ2) is 7.20. The highest BCUT2D eigenvalue weighted by Crippen LogP contribution is 2.57. The lowest BCUT2D eigenvalue weighted by Crippen LogP contribution is -2.28. The highest BCUT2D eigenvalue weighted by atomic mass is 35.5. The van der Waals surface area contributed by atoms with Crippen molar-refractivity contribution in [3.8, 4) is 0 Å². The minimum Gasteiger partial charge on any atom is -0.382 e. The Morgan fingerprint density at radius 1 is 1.42 bits per heavy atom. The van der Waals surface area contributed by atoms with Crippen molar-refractivity contribution in [3.63, 3.8) is 0 Å². The Morgan fingerprint density at radius 2 is 2.08 bits per heavy atom. The first-order valence-electron chi connectivity index (χ1n) is 6.41. The molecule has 0 radical (unpaired) electrons. The maximum atomic E-state index is 11.8. The van der Waals surface area contributed by atoms with Crippen LogP contribution in [-0.2, 0) is 22.7 Å². The Morgan fingerprint density at radius 3 is 2.71 bits per heavy atom. The van der Waals surface area contributed by atoms with Gasteiger partial charge in [0.2, 0.25) is 0 Å². The largest absolute Gasteiger partial charge is 0.481 e. The van der Waals surface area contributed by atoms with Crippen LogP contribution in [0.4, 0.5) is 5.82 Å². The molecule has 1 aliphatic heterocycles. The lowest BCUT2D eigenvalue weighted by atomic mass is 10.2. The number of hydrogen-bond acceptors (Lipinski definition) is 8. The normalized spacial score (nSPS) is 24.0. The van der Waals surface area contributed by atoms with E-state index in [-0.39, 0.29) is 10.8 Å². The van der Waals surface area contributed by atoms with Crippen LogP contribution in [0.15, 0.2) is 11.0 Å². The Bertz CT molecular complexity index is 765. The second-order valence-electron chi connectivity index (χ2n) is 4.79. The molecule has 2 rings (SSSR count). The maximum absolute atomic E-state index is 11.8. The molecule has 1 saturated heterocycles. The molecule has 0 spiro atoms. The number of hydrogen-bond donors (Lipinski definition) is 4. The zero-order valence-corrected chi connectivity index (χ0v) is 14.4. The third-order valence-electron chi connectivity index (χ3n) is 2.96. The summed E-state index contributed by atoms with van der Waals surface area (Å²) in [6.45, 7) is -0.477. The van der Waals surface area contributed by atoms with Crippen LogP contribution in [0.25, 0.3) is 0 Å². The number of aromatic nitrogens is 2. The fourth-order valence-corrected chi connectivity index (χ4v) is 3.78. The Kier molecular flexibility index (Phi) is 5.86. The molecular formula is C9H14ClN3O9P2. The third kappa shape index (κ3) is 5.35. The number of nitrogens with two attached hydrogens (primary N) is 1. The van der Waals surface area contributed by atoms with Crippen molar-refractivity contribution in [3.05, 3.63) is 21.7 Å². The van der Waals surface area contributed by atoms with E-state index in [9.17, 15) is 18.8 Å². The highest BCUT2D eigenvalue weighted by Gasteiger charge is 2.35. The minimum absolute atomic E-state index is 0.0628. The molecule has 0 saturated carbocycles. The number of halogens is 1. The SMILES string of the molecule is Nc1nc(=O)n([C@H]2CC[C@@H](COP(=O)(O)OP(=O)(O)O)O2)cc1Cl. The van der Waals surface area contributed by atoms with Crippen molar-refractivity contribution in [1.82, 2.24) is 9.55 Å². The van der Waals surface area contributed by atoms with Gasteiger partial charge in [-0.25, -0.2) is 13.9 Å². The first kappa shape index (κ1) is 19.5. The van der Waals surface area contributed by atoms with Gasteiger partial charge in [-0.1, -0.05) is 11.6 Å². The van der Waals surface area contributed by atoms with E-state index in [0.29, 0.717) is 12.8 Å². The van der Waals surface area contributed by atoms with Gasteiger partial charge in [0.1, 0.15) is 12.0 Å². The quantitative estimate of drug-likeness (QED) is 0.480. The number of phosphoric ester groups is 1. The summed E-state index contributed by atoms with van der Waals surface area (Å²) in [6, 6.07) is 0. The van der Waals surface area contributed by atoms with Gasteiger partial charge in [-0.05, 0) is 12.8 Å². The molecule has 1 aromatic rings. The maximum Gasteiger partial charge on any atom is 0.481 e. The Balaban J connectivity index is 1.97. The lowest BCUT2D eigenvalue weighted by Gasteiger charge is -2.17. The number of ether oxygens (including phenoxy) is 1. The third-order valence-corrected chi connectivity index (χ3v) is 5.41. The molecule has 15 heteroatoms. The summed E-state index contributed by atoms with van der Waals surface area (Å²) in [4.78, 5) is 41.4. The zero-order chi connectivity index (χ0) is 18.1. The fourth-order valence-electron chi connectivity index (χ4n) is 2.01. The highest BCUT2D eigenvalue weighted by molar-refractivity contribution is 7.60. The average molecular weight is 406 g/mol. The van der Waals surface area contributed by atoms with Crippen LogP contribution in [0.1, 0.15) is 19.1 Å². The van der Waals surface area contributed by atoms with Crippen molar-refractivity contribution >= 4 is 33.1 Å². The number of phosphoric acid groups is 2. The summed E-state index contributed by atoms with van der Waals surface area (Å²) in [7, 11) is -10.1. The zero-order valence-electron chi connectivity index (χ0n) is 11.9. The molecule has 136 valence electrons. The number of nitrogen functional groups attached to an aromatic ring is 1. The van der Waals surface area contributed by atoms with Gasteiger partial charge in [0.15, 0.2) is 0 Å². The molecule has 5 N–H and O–H groups in total. The average Bonchev–Trinajstić information content (AvgIpc) is 2.87. The molecule has 2 heterocycles. The fraction of sp³-hybridized carbons (Fsp3) is 0.556. The molecule has 12 nitrogen and oxygen atoms in total. The summed E-state index contributed by atoms with van der Waals surface area (Å²) in [6.07, 6.45) is 0.505. The summed E-state index contributed by atoms with van der Waals surface area (Å²) in [5, 5.41) is 0.0628. The van der Waals surface area contributed by atoms with Crippen LogP contribution < -0.4 is 11.4 Å². The molecule has 0 aliphatic carbocycles. The van der Waals surface area contributed by atoms with E-state index in [1.54, 1.807) is 0 Å². The molecule has 1 aliphatic rings. The van der Waals surface area contributed by atoms with E-state index >= 15 is 0 Å². The Hall–Kier alpha value is -0.810. The molecule has 1 fully saturated rings. The first-order chi connectivity index (χ1) is 11.0. The molecule has 0 bridgehead atoms. The lowest BCUT2D eigenvalue weighted by molar-refractivity contribution is -0.0242. The van der Waals surface area contributed by atoms with Gasteiger partial charge in [0, 0.05) is 6.20 Å². The van der Waals surface area contributed by atoms with Crippen LogP contribution in [0.5, 0.6) is 0 Å². The number of nitrogens with zero attached hydrogens (tertiary/aromatic N) is 2. The molecule has 24 heavy (non-hydrogen) atoms. The van der Waals surface area contributed by atoms with Crippen LogP contribution in [0.3, 0.4) is 0 Å². The van der Waals surface area contributed by atoms with Gasteiger partial charge in [0.25, 0.3) is 0 Å². The van der Waals surface area contributed by atoms with E-state index in [0.717, 1.165) is 4.57 Å². The standard InChI is InChI=1S/C9H14ClN3O9P2/c10-6-3-13(9(14)12-8(6)11)7-2-1-5(21-7)4-20-24(18,19)22-23(15,16)17/h3,5,7H,1-2,4H2,(H,18,19)(H2,11,12,14)(H2,15,16,17)/t5-,7+/m0/s1. The van der Waals surface area contributed by atoms with Crippen LogP contribution in [-0.4, -0.2) is 36.9 Å². The van der Waals surface area contributed by atoms with Crippen molar-refractivity contribution in [1.29, 1.82) is 0 Å². The van der Waals surface area contributed by atoms with Crippen LogP contribution in [0.2, 0.25) is 5.02 Å². The van der Waals surface area contributed by atoms with Gasteiger partial charge in [-0.15, -0.1) is 0 Å². The number of anilines is 1. The summed E-state index contributed by atoms with van der Waals surface area (Å²) in [5.41, 5.74) is 4.73. The van der Waals surface area contributed by atoms with E-state index in [1.807, 2.05) is 0 Å². The topological polar surface area (TPSA) is 183 Å². The van der Waals surface area contributed by atoms with Gasteiger partial charge in [0.05, 0.1) is 17.7 Å². The molecule has 1 aromatic heterocycles.